The third kappa shape index (κ3) is 3.02. The molecule has 2 heterocycles. The molecule has 2 aliphatic heterocycles. The SMILES string of the molecule is O=C1CCc2cc(C(=O)N3CCOC(C(=O)O)C3)c(F)cc2N1. The summed E-state index contributed by atoms with van der Waals surface area (Å²) in [5, 5.41) is 11.5. The fraction of sp³-hybridized carbons (Fsp3) is 0.400. The minimum Gasteiger partial charge on any atom is -0.479 e. The maximum absolute atomic E-state index is 14.2. The minimum absolute atomic E-state index is 0.0886. The zero-order valence-corrected chi connectivity index (χ0v) is 12.2. The van der Waals surface area contributed by atoms with Crippen LogP contribution >= 0.6 is 0 Å². The largest absolute Gasteiger partial charge is 0.479 e. The number of anilines is 1. The van der Waals surface area contributed by atoms with E-state index in [0.717, 1.165) is 6.07 Å². The molecule has 1 saturated heterocycles. The van der Waals surface area contributed by atoms with Crippen molar-refractivity contribution >= 4 is 23.5 Å². The number of aliphatic carboxylic acids is 1. The van der Waals surface area contributed by atoms with Gasteiger partial charge in [-0.1, -0.05) is 0 Å². The molecule has 0 saturated carbocycles. The van der Waals surface area contributed by atoms with Crippen LogP contribution in [0.5, 0.6) is 0 Å². The van der Waals surface area contributed by atoms with E-state index in [1.165, 1.54) is 11.0 Å². The van der Waals surface area contributed by atoms with Crippen molar-refractivity contribution in [3.05, 3.63) is 29.1 Å². The van der Waals surface area contributed by atoms with Crippen LogP contribution in [0, 0.1) is 5.82 Å². The van der Waals surface area contributed by atoms with Crippen LogP contribution in [0.15, 0.2) is 12.1 Å². The molecule has 2 amide bonds. The van der Waals surface area contributed by atoms with E-state index in [9.17, 15) is 18.8 Å². The number of nitrogens with zero attached hydrogens (tertiary/aromatic N) is 1. The zero-order chi connectivity index (χ0) is 16.6. The first kappa shape index (κ1) is 15.4. The Kier molecular flexibility index (Phi) is 3.99. The van der Waals surface area contributed by atoms with Crippen molar-refractivity contribution < 1.29 is 28.6 Å². The maximum Gasteiger partial charge on any atom is 0.334 e. The molecule has 0 radical (unpaired) electrons. The number of halogens is 1. The number of fused-ring (bicyclic) bond motifs is 1. The van der Waals surface area contributed by atoms with Gasteiger partial charge in [0, 0.05) is 18.7 Å². The summed E-state index contributed by atoms with van der Waals surface area (Å²) in [5.74, 6) is -2.66. The number of ether oxygens (including phenoxy) is 1. The summed E-state index contributed by atoms with van der Waals surface area (Å²) in [4.78, 5) is 36.1. The quantitative estimate of drug-likeness (QED) is 0.833. The van der Waals surface area contributed by atoms with Gasteiger partial charge in [0.2, 0.25) is 5.91 Å². The van der Waals surface area contributed by atoms with Gasteiger partial charge in [0.05, 0.1) is 18.7 Å². The second-order valence-corrected chi connectivity index (χ2v) is 5.49. The number of nitrogens with one attached hydrogen (secondary N) is 1. The summed E-state index contributed by atoms with van der Waals surface area (Å²) in [5.41, 5.74) is 0.948. The lowest BCUT2D eigenvalue weighted by Gasteiger charge is -2.31. The van der Waals surface area contributed by atoms with Crippen LogP contribution in [-0.2, 0) is 20.7 Å². The molecule has 1 aromatic carbocycles. The average molecular weight is 322 g/mol. The van der Waals surface area contributed by atoms with Gasteiger partial charge >= 0.3 is 5.97 Å². The molecule has 1 atom stereocenters. The fourth-order valence-electron chi connectivity index (χ4n) is 2.72. The van der Waals surface area contributed by atoms with Gasteiger partial charge in [-0.3, -0.25) is 9.59 Å². The Balaban J connectivity index is 1.85. The first-order chi connectivity index (χ1) is 11.0. The van der Waals surface area contributed by atoms with Crippen LogP contribution in [0.4, 0.5) is 10.1 Å². The van der Waals surface area contributed by atoms with E-state index in [0.29, 0.717) is 17.7 Å². The Labute approximate surface area is 131 Å². The zero-order valence-electron chi connectivity index (χ0n) is 12.2. The third-order valence-corrected chi connectivity index (χ3v) is 3.95. The molecule has 23 heavy (non-hydrogen) atoms. The van der Waals surface area contributed by atoms with Gasteiger partial charge in [0.25, 0.3) is 5.91 Å². The van der Waals surface area contributed by atoms with E-state index in [-0.39, 0.29) is 37.6 Å². The maximum atomic E-state index is 14.2. The average Bonchev–Trinajstić information content (AvgIpc) is 2.53. The van der Waals surface area contributed by atoms with Gasteiger partial charge in [-0.25, -0.2) is 9.18 Å². The van der Waals surface area contributed by atoms with Gasteiger partial charge < -0.3 is 20.1 Å². The Morgan fingerprint density at radius 3 is 2.87 bits per heavy atom. The lowest BCUT2D eigenvalue weighted by molar-refractivity contribution is -0.154. The van der Waals surface area contributed by atoms with Crippen molar-refractivity contribution in [1.82, 2.24) is 4.90 Å². The van der Waals surface area contributed by atoms with Crippen LogP contribution in [-0.4, -0.2) is 53.6 Å². The van der Waals surface area contributed by atoms with Crippen molar-refractivity contribution in [2.24, 2.45) is 0 Å². The second kappa shape index (κ2) is 5.96. The Hall–Kier alpha value is -2.48. The standard InChI is InChI=1S/C15H15FN2O5/c16-10-6-11-8(1-2-13(19)17-11)5-9(10)14(20)18-3-4-23-12(7-18)15(21)22/h5-6,12H,1-4,7H2,(H,17,19)(H,21,22). The molecule has 1 fully saturated rings. The van der Waals surface area contributed by atoms with Gasteiger partial charge in [-0.15, -0.1) is 0 Å². The van der Waals surface area contributed by atoms with E-state index in [2.05, 4.69) is 5.32 Å². The Bertz CT molecular complexity index is 691. The molecule has 1 unspecified atom stereocenters. The van der Waals surface area contributed by atoms with Crippen molar-refractivity contribution in [1.29, 1.82) is 0 Å². The van der Waals surface area contributed by atoms with Gasteiger partial charge in [-0.2, -0.15) is 0 Å². The topological polar surface area (TPSA) is 95.9 Å². The van der Waals surface area contributed by atoms with Gasteiger partial charge in [-0.05, 0) is 24.1 Å². The highest BCUT2D eigenvalue weighted by molar-refractivity contribution is 5.98. The lowest BCUT2D eigenvalue weighted by Crippen LogP contribution is -2.48. The monoisotopic (exact) mass is 322 g/mol. The van der Waals surface area contributed by atoms with E-state index in [4.69, 9.17) is 9.84 Å². The van der Waals surface area contributed by atoms with E-state index >= 15 is 0 Å². The van der Waals surface area contributed by atoms with E-state index in [1.54, 1.807) is 0 Å². The van der Waals surface area contributed by atoms with E-state index < -0.39 is 23.8 Å². The number of morpholine rings is 1. The molecule has 8 heteroatoms. The molecule has 3 rings (SSSR count). The van der Waals surface area contributed by atoms with Crippen molar-refractivity contribution in [2.75, 3.05) is 25.0 Å². The molecule has 1 aromatic rings. The molecule has 2 N–H and O–H groups in total. The van der Waals surface area contributed by atoms with Gasteiger partial charge in [0.1, 0.15) is 5.82 Å². The van der Waals surface area contributed by atoms with Crippen LogP contribution in [0.2, 0.25) is 0 Å². The summed E-state index contributed by atoms with van der Waals surface area (Å²) in [6, 6.07) is 2.56. The smallest absolute Gasteiger partial charge is 0.334 e. The summed E-state index contributed by atoms with van der Waals surface area (Å²) in [6.45, 7) is 0.169. The summed E-state index contributed by atoms with van der Waals surface area (Å²) >= 11 is 0. The molecule has 0 spiro atoms. The fourth-order valence-corrected chi connectivity index (χ4v) is 2.72. The Morgan fingerprint density at radius 2 is 2.13 bits per heavy atom. The highest BCUT2D eigenvalue weighted by Gasteiger charge is 2.31. The number of benzene rings is 1. The van der Waals surface area contributed by atoms with Gasteiger partial charge in [0.15, 0.2) is 6.10 Å². The molecule has 122 valence electrons. The minimum atomic E-state index is -1.16. The van der Waals surface area contributed by atoms with Crippen molar-refractivity contribution in [3.63, 3.8) is 0 Å². The number of carbonyl (C=O) groups is 3. The highest BCUT2D eigenvalue weighted by Crippen LogP contribution is 2.27. The summed E-state index contributed by atoms with van der Waals surface area (Å²) in [6.07, 6.45) is -0.388. The number of rotatable bonds is 2. The number of carbonyl (C=O) groups excluding carboxylic acids is 2. The molecular formula is C15H15FN2O5. The number of carboxylic acids is 1. The Morgan fingerprint density at radius 1 is 1.35 bits per heavy atom. The molecular weight excluding hydrogens is 307 g/mol. The summed E-state index contributed by atoms with van der Waals surface area (Å²) in [7, 11) is 0. The predicted octanol–water partition coefficient (Wildman–Crippen LogP) is 0.636. The van der Waals surface area contributed by atoms with Crippen molar-refractivity contribution in [2.45, 2.75) is 18.9 Å². The molecule has 2 aliphatic rings. The molecule has 0 bridgehead atoms. The lowest BCUT2D eigenvalue weighted by atomic mass is 9.99. The first-order valence-electron chi connectivity index (χ1n) is 7.21. The molecule has 0 aromatic heterocycles. The third-order valence-electron chi connectivity index (χ3n) is 3.95. The predicted molar refractivity (Wildman–Crippen MR) is 76.6 cm³/mol. The number of hydrogen-bond acceptors (Lipinski definition) is 4. The molecule has 0 aliphatic carbocycles. The van der Waals surface area contributed by atoms with Crippen molar-refractivity contribution in [3.8, 4) is 0 Å². The number of aryl methyl sites for hydroxylation is 1. The number of carboxylic acid groups (broad SMARTS) is 1. The normalized spacial score (nSPS) is 20.7. The van der Waals surface area contributed by atoms with Crippen LogP contribution < -0.4 is 5.32 Å². The second-order valence-electron chi connectivity index (χ2n) is 5.49. The first-order valence-corrected chi connectivity index (χ1v) is 7.21. The van der Waals surface area contributed by atoms with E-state index in [1.807, 2.05) is 0 Å². The molecule has 7 nitrogen and oxygen atoms in total. The van der Waals surface area contributed by atoms with Crippen LogP contribution in [0.25, 0.3) is 0 Å². The number of amides is 2. The summed E-state index contributed by atoms with van der Waals surface area (Å²) < 4.78 is 19.3. The van der Waals surface area contributed by atoms with Crippen LogP contribution in [0.3, 0.4) is 0 Å². The number of hydrogen-bond donors (Lipinski definition) is 2. The highest BCUT2D eigenvalue weighted by atomic mass is 19.1. The van der Waals surface area contributed by atoms with Crippen LogP contribution in [0.1, 0.15) is 22.3 Å².